The fourth-order valence-corrected chi connectivity index (χ4v) is 4.77. The summed E-state index contributed by atoms with van der Waals surface area (Å²) in [5.41, 5.74) is 6.36. The van der Waals surface area contributed by atoms with Crippen LogP contribution in [0.25, 0.3) is 16.7 Å². The summed E-state index contributed by atoms with van der Waals surface area (Å²) >= 11 is 0. The summed E-state index contributed by atoms with van der Waals surface area (Å²) in [5.74, 6) is 1.80. The number of hydrogen-bond acceptors (Lipinski definition) is 7. The molecule has 0 fully saturated rings. The zero-order chi connectivity index (χ0) is 26.2. The van der Waals surface area contributed by atoms with Crippen LogP contribution in [-0.4, -0.2) is 48.8 Å². The molecule has 0 spiro atoms. The molecule has 5 aromatic rings. The van der Waals surface area contributed by atoms with Crippen LogP contribution in [0.3, 0.4) is 0 Å². The van der Waals surface area contributed by atoms with Crippen molar-refractivity contribution in [3.63, 3.8) is 0 Å². The van der Waals surface area contributed by atoms with Crippen LogP contribution >= 0.6 is 0 Å². The summed E-state index contributed by atoms with van der Waals surface area (Å²) in [4.78, 5) is 0. The Labute approximate surface area is 222 Å². The van der Waals surface area contributed by atoms with E-state index in [4.69, 9.17) is 4.74 Å². The van der Waals surface area contributed by atoms with E-state index in [1.807, 2.05) is 35.0 Å². The minimum atomic E-state index is 0.152. The molecule has 0 radical (unpaired) electrons. The number of aryl methyl sites for hydroxylation is 1. The van der Waals surface area contributed by atoms with Crippen molar-refractivity contribution in [3.05, 3.63) is 83.7 Å². The van der Waals surface area contributed by atoms with E-state index in [2.05, 4.69) is 86.5 Å². The van der Waals surface area contributed by atoms with Gasteiger partial charge >= 0.3 is 0 Å². The van der Waals surface area contributed by atoms with Gasteiger partial charge in [-0.2, -0.15) is 5.21 Å². The Bertz CT molecular complexity index is 1410. The number of tetrazole rings is 1. The minimum absolute atomic E-state index is 0.152. The van der Waals surface area contributed by atoms with Crippen LogP contribution in [0.5, 0.6) is 5.75 Å². The Balaban J connectivity index is 1.13. The molecule has 0 aliphatic heterocycles. The lowest BCUT2D eigenvalue weighted by atomic mass is 9.96. The molecule has 0 saturated carbocycles. The molecule has 1 unspecified atom stereocenters. The van der Waals surface area contributed by atoms with Crippen molar-refractivity contribution >= 4 is 16.7 Å². The number of anilines is 1. The van der Waals surface area contributed by atoms with Gasteiger partial charge in [-0.05, 0) is 67.6 Å². The summed E-state index contributed by atoms with van der Waals surface area (Å²) in [6, 6.07) is 22.7. The fourth-order valence-electron chi connectivity index (χ4n) is 4.77. The molecule has 1 atom stereocenters. The molecular weight excluding hydrogens is 476 g/mol. The average molecular weight is 511 g/mol. The highest BCUT2D eigenvalue weighted by Crippen LogP contribution is 2.29. The highest BCUT2D eigenvalue weighted by Gasteiger charge is 2.17. The number of rotatable bonds is 13. The van der Waals surface area contributed by atoms with E-state index in [1.165, 1.54) is 5.56 Å². The molecule has 2 aromatic heterocycles. The van der Waals surface area contributed by atoms with Crippen LogP contribution < -0.4 is 10.1 Å². The van der Waals surface area contributed by atoms with E-state index in [9.17, 15) is 0 Å². The van der Waals surface area contributed by atoms with Crippen LogP contribution in [0, 0.1) is 0 Å². The van der Waals surface area contributed by atoms with Crippen molar-refractivity contribution in [1.82, 2.24) is 35.6 Å². The van der Waals surface area contributed by atoms with Gasteiger partial charge in [0, 0.05) is 23.7 Å². The van der Waals surface area contributed by atoms with Crippen molar-refractivity contribution in [3.8, 4) is 11.4 Å². The maximum atomic E-state index is 6.23. The van der Waals surface area contributed by atoms with Crippen LogP contribution in [0.1, 0.15) is 62.4 Å². The Hall–Kier alpha value is -4.27. The number of nitrogens with zero attached hydrogens (tertiary/aromatic N) is 6. The van der Waals surface area contributed by atoms with Gasteiger partial charge in [0.1, 0.15) is 11.3 Å². The van der Waals surface area contributed by atoms with Gasteiger partial charge < -0.3 is 10.1 Å². The van der Waals surface area contributed by atoms with E-state index >= 15 is 0 Å². The lowest BCUT2D eigenvalue weighted by Gasteiger charge is -2.13. The monoisotopic (exact) mass is 510 g/mol. The molecule has 3 aromatic carbocycles. The highest BCUT2D eigenvalue weighted by atomic mass is 16.5. The summed E-state index contributed by atoms with van der Waals surface area (Å²) in [7, 11) is 0. The third kappa shape index (κ3) is 5.66. The largest absolute Gasteiger partial charge is 0.493 e. The zero-order valence-corrected chi connectivity index (χ0v) is 22.0. The van der Waals surface area contributed by atoms with Gasteiger partial charge in [0.2, 0.25) is 0 Å². The Morgan fingerprint density at radius 3 is 2.53 bits per heavy atom. The standard InChI is InChI=1S/C29H34N8O/c1-3-10-25-27(18-17-26-28(25)31-36-37(26)23-11-6-5-7-12-23)38-20-9-8-19-30-22-15-13-21(14-16-22)24(4-2)29-32-34-35-33-29/h5-7,11-18,24,30H,3-4,8-10,19-20H2,1-2H3,(H,32,33,34,35). The Kier molecular flexibility index (Phi) is 8.23. The van der Waals surface area contributed by atoms with Gasteiger partial charge in [0.25, 0.3) is 0 Å². The summed E-state index contributed by atoms with van der Waals surface area (Å²) in [5, 5.41) is 27.0. The number of ether oxygens (including phenoxy) is 1. The summed E-state index contributed by atoms with van der Waals surface area (Å²) < 4.78 is 8.12. The topological polar surface area (TPSA) is 106 Å². The maximum Gasteiger partial charge on any atom is 0.181 e. The first-order valence-corrected chi connectivity index (χ1v) is 13.4. The third-order valence-electron chi connectivity index (χ3n) is 6.73. The highest BCUT2D eigenvalue weighted by molar-refractivity contribution is 5.82. The number of aromatic nitrogens is 7. The lowest BCUT2D eigenvalue weighted by Crippen LogP contribution is -2.06. The second-order valence-corrected chi connectivity index (χ2v) is 9.33. The lowest BCUT2D eigenvalue weighted by molar-refractivity contribution is 0.305. The van der Waals surface area contributed by atoms with Crippen molar-refractivity contribution in [1.29, 1.82) is 0 Å². The predicted octanol–water partition coefficient (Wildman–Crippen LogP) is 5.70. The Morgan fingerprint density at radius 2 is 1.79 bits per heavy atom. The summed E-state index contributed by atoms with van der Waals surface area (Å²) in [6.45, 7) is 5.86. The molecule has 5 rings (SSSR count). The van der Waals surface area contributed by atoms with Crippen LogP contribution in [-0.2, 0) is 6.42 Å². The SMILES string of the molecule is CCCc1c(OCCCCNc2ccc(C(CC)c3nn[nH]n3)cc2)ccc2c1nnn2-c1ccccc1. The van der Waals surface area contributed by atoms with Crippen molar-refractivity contribution < 1.29 is 4.74 Å². The molecule has 0 bridgehead atoms. The number of nitrogens with one attached hydrogen (secondary N) is 2. The fraction of sp³-hybridized carbons (Fsp3) is 0.345. The molecule has 9 nitrogen and oxygen atoms in total. The van der Waals surface area contributed by atoms with Gasteiger partial charge in [-0.3, -0.25) is 0 Å². The van der Waals surface area contributed by atoms with E-state index < -0.39 is 0 Å². The molecule has 196 valence electrons. The van der Waals surface area contributed by atoms with E-state index in [0.717, 1.165) is 78.2 Å². The third-order valence-corrected chi connectivity index (χ3v) is 6.73. The molecule has 0 aliphatic rings. The molecular formula is C29H34N8O. The zero-order valence-electron chi connectivity index (χ0n) is 22.0. The smallest absolute Gasteiger partial charge is 0.181 e. The van der Waals surface area contributed by atoms with E-state index in [-0.39, 0.29) is 5.92 Å². The minimum Gasteiger partial charge on any atom is -0.493 e. The molecule has 9 heteroatoms. The van der Waals surface area contributed by atoms with Gasteiger partial charge in [0.15, 0.2) is 5.82 Å². The van der Waals surface area contributed by atoms with Crippen molar-refractivity contribution in [2.45, 2.75) is 51.9 Å². The predicted molar refractivity (Wildman–Crippen MR) is 149 cm³/mol. The Morgan fingerprint density at radius 1 is 0.947 bits per heavy atom. The van der Waals surface area contributed by atoms with Crippen molar-refractivity contribution in [2.24, 2.45) is 0 Å². The second-order valence-electron chi connectivity index (χ2n) is 9.33. The van der Waals surface area contributed by atoms with E-state index in [1.54, 1.807) is 0 Å². The number of H-pyrrole nitrogens is 1. The van der Waals surface area contributed by atoms with Crippen LogP contribution in [0.15, 0.2) is 66.7 Å². The molecule has 0 saturated heterocycles. The van der Waals surface area contributed by atoms with Gasteiger partial charge in [-0.1, -0.05) is 61.0 Å². The van der Waals surface area contributed by atoms with E-state index in [0.29, 0.717) is 6.61 Å². The van der Waals surface area contributed by atoms with Crippen LogP contribution in [0.2, 0.25) is 0 Å². The molecule has 38 heavy (non-hydrogen) atoms. The number of unbranched alkanes of at least 4 members (excludes halogenated alkanes) is 1. The number of aromatic amines is 1. The van der Waals surface area contributed by atoms with Crippen LogP contribution in [0.4, 0.5) is 5.69 Å². The maximum absolute atomic E-state index is 6.23. The van der Waals surface area contributed by atoms with Gasteiger partial charge in [-0.25, -0.2) is 4.68 Å². The normalized spacial score (nSPS) is 12.1. The first-order chi connectivity index (χ1) is 18.8. The van der Waals surface area contributed by atoms with Gasteiger partial charge in [0.05, 0.1) is 17.8 Å². The molecule has 0 aliphatic carbocycles. The number of fused-ring (bicyclic) bond motifs is 1. The number of hydrogen-bond donors (Lipinski definition) is 2. The number of benzene rings is 3. The average Bonchev–Trinajstić information content (AvgIpc) is 3.64. The summed E-state index contributed by atoms with van der Waals surface area (Å²) in [6.07, 6.45) is 4.82. The molecule has 0 amide bonds. The first-order valence-electron chi connectivity index (χ1n) is 13.4. The quantitative estimate of drug-likeness (QED) is 0.196. The molecule has 2 N–H and O–H groups in total. The molecule has 2 heterocycles. The first kappa shape index (κ1) is 25.4. The number of para-hydroxylation sites is 1. The second kappa shape index (κ2) is 12.3. The van der Waals surface area contributed by atoms with Crippen molar-refractivity contribution in [2.75, 3.05) is 18.5 Å². The van der Waals surface area contributed by atoms with Gasteiger partial charge in [-0.15, -0.1) is 15.3 Å².